The highest BCUT2D eigenvalue weighted by atomic mass is 31.3. The van der Waals surface area contributed by atoms with Gasteiger partial charge >= 0.3 is 33.3 Å². The van der Waals surface area contributed by atoms with Crippen LogP contribution < -0.4 is 11.4 Å². The minimum absolute atomic E-state index is 0.0560. The number of aliphatic hydroxyl groups is 4. The number of carbonyl (C=O) groups is 2. The molecule has 0 aromatic carbocycles. The van der Waals surface area contributed by atoms with E-state index in [1.165, 1.54) is 37.8 Å². The van der Waals surface area contributed by atoms with Crippen molar-refractivity contribution >= 4 is 33.4 Å². The number of ether oxygens (including phenoxy) is 3. The number of hydrogen-bond donors (Lipinski definition) is 7. The van der Waals surface area contributed by atoms with Gasteiger partial charge in [-0.3, -0.25) is 23.2 Å². The summed E-state index contributed by atoms with van der Waals surface area (Å²) in [7, 11) is -11.0. The molecule has 0 amide bonds. The Morgan fingerprint density at radius 1 is 0.750 bits per heavy atom. The Morgan fingerprint density at radius 3 is 1.94 bits per heavy atom. The molecule has 1 aromatic heterocycles. The van der Waals surface area contributed by atoms with Crippen LogP contribution in [0.5, 0.6) is 0 Å². The average molecular weight is 1060 g/mol. The lowest BCUT2D eigenvalue weighted by atomic mass is 10.1. The number of allylic oxidation sites excluding steroid dienone is 11. The molecule has 2 heterocycles. The molecular formula is C50H79N3O17P2. The van der Waals surface area contributed by atoms with Gasteiger partial charge in [0, 0.05) is 19.0 Å². The highest BCUT2D eigenvalue weighted by Crippen LogP contribution is 2.60. The monoisotopic (exact) mass is 1060 g/mol. The molecule has 1 aliphatic rings. The second-order valence-corrected chi connectivity index (χ2v) is 20.0. The lowest BCUT2D eigenvalue weighted by Crippen LogP contribution is -2.36. The van der Waals surface area contributed by atoms with Crippen molar-refractivity contribution in [3.05, 3.63) is 108 Å². The standard InChI is InChI=1S/C50H79N3O17P2/c1-3-5-7-9-11-12-13-14-15-16-17-18-19-21-27-33-46(57)68-42(37-65-45(56)34-28-32-41(55)31-26-23-22-25-30-40(54)29-24-20-10-8-6-4-2)38-66-71(61,62)70-72(63,64)67-39-43-47(58)48(59)49(69-43)53-36-35-44(51)52-50(53)60/h11-12,14-15,17-18,20,22-26,30-31,35-36,40-43,47-49,54-55,58-59H,3-10,13,16,19,21,27-29,32-34,37-39H2,1-2H3,(H,61,62)(H,63,64)(H2,51,52,60)/b12-11-,15-14-,18-17-,23-22+,24-20-,30-25+,31-26-/t40-,41-,42-,43-,47-,48-,49-/m1/s1. The Hall–Kier alpha value is -4.14. The molecule has 8 N–H and O–H groups in total. The van der Waals surface area contributed by atoms with Crippen LogP contribution in [-0.4, -0.2) is 108 Å². The highest BCUT2D eigenvalue weighted by molar-refractivity contribution is 7.61. The molecule has 0 radical (unpaired) electrons. The van der Waals surface area contributed by atoms with Crippen LogP contribution in [0.4, 0.5) is 5.82 Å². The van der Waals surface area contributed by atoms with Crippen molar-refractivity contribution in [1.29, 1.82) is 0 Å². The van der Waals surface area contributed by atoms with E-state index in [0.29, 0.717) is 25.7 Å². The first-order valence-corrected chi connectivity index (χ1v) is 27.8. The summed E-state index contributed by atoms with van der Waals surface area (Å²) in [4.78, 5) is 61.8. The predicted octanol–water partition coefficient (Wildman–Crippen LogP) is 7.83. The number of nitrogens with zero attached hydrogens (tertiary/aromatic N) is 2. The Bertz CT molecular complexity index is 2070. The number of carbonyl (C=O) groups excluding carboxylic acids is 2. The molecule has 0 aliphatic carbocycles. The normalized spacial score (nSPS) is 20.7. The van der Waals surface area contributed by atoms with E-state index in [1.807, 2.05) is 18.2 Å². The lowest BCUT2D eigenvalue weighted by molar-refractivity contribution is -0.161. The van der Waals surface area contributed by atoms with Gasteiger partial charge in [-0.2, -0.15) is 9.29 Å². The topological polar surface area (TPSA) is 306 Å². The van der Waals surface area contributed by atoms with Crippen LogP contribution >= 0.6 is 15.6 Å². The smallest absolute Gasteiger partial charge is 0.462 e. The quantitative estimate of drug-likeness (QED) is 0.0109. The van der Waals surface area contributed by atoms with E-state index < -0.39 is 95.9 Å². The van der Waals surface area contributed by atoms with Crippen molar-refractivity contribution in [1.82, 2.24) is 9.55 Å². The molecule has 1 fully saturated rings. The number of phosphoric acid groups is 2. The molecule has 1 saturated heterocycles. The minimum Gasteiger partial charge on any atom is -0.462 e. The van der Waals surface area contributed by atoms with Crippen molar-refractivity contribution in [3.8, 4) is 0 Å². The molecule has 1 aliphatic heterocycles. The first-order valence-electron chi connectivity index (χ1n) is 24.8. The number of esters is 2. The van der Waals surface area contributed by atoms with E-state index in [-0.39, 0.29) is 31.5 Å². The van der Waals surface area contributed by atoms with Crippen LogP contribution in [0.2, 0.25) is 0 Å². The molecule has 0 spiro atoms. The van der Waals surface area contributed by atoms with E-state index in [4.69, 9.17) is 29.0 Å². The second-order valence-electron chi connectivity index (χ2n) is 17.0. The summed E-state index contributed by atoms with van der Waals surface area (Å²) in [5, 5.41) is 41.3. The summed E-state index contributed by atoms with van der Waals surface area (Å²) in [6.07, 6.45) is 31.5. The SMILES string of the molecule is CCCCC/C=C\C/C=C\C/C=C\CCCCC(=O)O[C@H](COC(=O)CCC[C@H](O)\C=C/C=C/C=C/[C@H](O)C/C=C\CCCCC)COP(=O)(O)OP(=O)(O)OC[C@H]1O[C@@H](n2ccc(N)nc2=O)[C@H](O)[C@@H]1O. The van der Waals surface area contributed by atoms with Gasteiger partial charge in [-0.05, 0) is 83.1 Å². The number of hydrogen-bond acceptors (Lipinski definition) is 17. The van der Waals surface area contributed by atoms with Crippen molar-refractivity contribution in [3.63, 3.8) is 0 Å². The zero-order valence-corrected chi connectivity index (χ0v) is 43.5. The van der Waals surface area contributed by atoms with Gasteiger partial charge in [-0.25, -0.2) is 13.9 Å². The van der Waals surface area contributed by atoms with Crippen LogP contribution in [0.25, 0.3) is 0 Å². The summed E-state index contributed by atoms with van der Waals surface area (Å²) in [6.45, 7) is 1.77. The molecule has 1 aromatic rings. The van der Waals surface area contributed by atoms with E-state index in [1.54, 1.807) is 30.4 Å². The van der Waals surface area contributed by atoms with Gasteiger partial charge in [0.1, 0.15) is 30.7 Å². The first-order chi connectivity index (χ1) is 34.5. The van der Waals surface area contributed by atoms with Gasteiger partial charge in [-0.1, -0.05) is 125 Å². The Morgan fingerprint density at radius 2 is 1.32 bits per heavy atom. The molecule has 9 atom stereocenters. The summed E-state index contributed by atoms with van der Waals surface area (Å²) in [5.74, 6) is -1.61. The summed E-state index contributed by atoms with van der Waals surface area (Å²) >= 11 is 0. The van der Waals surface area contributed by atoms with E-state index in [0.717, 1.165) is 49.3 Å². The number of nitrogens with two attached hydrogens (primary N) is 1. The average Bonchev–Trinajstić information content (AvgIpc) is 3.61. The molecule has 2 unspecified atom stereocenters. The van der Waals surface area contributed by atoms with E-state index in [9.17, 15) is 53.7 Å². The fraction of sp³-hybridized carbons (Fsp3) is 0.600. The van der Waals surface area contributed by atoms with Gasteiger partial charge in [0.25, 0.3) is 0 Å². The number of phosphoric ester groups is 2. The molecular weight excluding hydrogens is 977 g/mol. The molecule has 0 bridgehead atoms. The van der Waals surface area contributed by atoms with Crippen LogP contribution in [0.15, 0.2) is 102 Å². The van der Waals surface area contributed by atoms with Crippen LogP contribution in [-0.2, 0) is 46.3 Å². The molecule has 20 nitrogen and oxygen atoms in total. The third-order valence-corrected chi connectivity index (χ3v) is 13.2. The fourth-order valence-corrected chi connectivity index (χ4v) is 8.80. The maximum atomic E-state index is 12.8. The predicted molar refractivity (Wildman–Crippen MR) is 273 cm³/mol. The highest BCUT2D eigenvalue weighted by Gasteiger charge is 2.46. The maximum Gasteiger partial charge on any atom is 0.481 e. The van der Waals surface area contributed by atoms with Crippen LogP contribution in [0, 0.1) is 0 Å². The second kappa shape index (κ2) is 37.6. The number of aromatic nitrogens is 2. The van der Waals surface area contributed by atoms with Crippen molar-refractivity contribution in [2.75, 3.05) is 25.6 Å². The maximum absolute atomic E-state index is 12.8. The number of unbranched alkanes of at least 4 members (excludes halogenated alkanes) is 8. The van der Waals surface area contributed by atoms with Crippen molar-refractivity contribution in [2.24, 2.45) is 0 Å². The zero-order chi connectivity index (χ0) is 53.0. The van der Waals surface area contributed by atoms with E-state index >= 15 is 0 Å². The van der Waals surface area contributed by atoms with Gasteiger partial charge in [0.15, 0.2) is 12.3 Å². The van der Waals surface area contributed by atoms with Gasteiger partial charge < -0.3 is 50.2 Å². The number of aliphatic hydroxyl groups excluding tert-OH is 4. The number of rotatable bonds is 39. The van der Waals surface area contributed by atoms with Gasteiger partial charge in [-0.15, -0.1) is 0 Å². The Labute approximate surface area is 423 Å². The molecule has 22 heteroatoms. The van der Waals surface area contributed by atoms with Crippen LogP contribution in [0.1, 0.15) is 136 Å². The van der Waals surface area contributed by atoms with Crippen LogP contribution in [0.3, 0.4) is 0 Å². The van der Waals surface area contributed by atoms with Gasteiger partial charge in [0.05, 0.1) is 25.4 Å². The van der Waals surface area contributed by atoms with Crippen molar-refractivity contribution in [2.45, 2.75) is 172 Å². The molecule has 0 saturated carbocycles. The van der Waals surface area contributed by atoms with Gasteiger partial charge in [0.2, 0.25) is 0 Å². The Kier molecular flexibility index (Phi) is 33.4. The Balaban J connectivity index is 1.90. The third kappa shape index (κ3) is 30.2. The number of nitrogen functional groups attached to an aromatic ring is 1. The largest absolute Gasteiger partial charge is 0.481 e. The molecule has 72 heavy (non-hydrogen) atoms. The fourth-order valence-electron chi connectivity index (χ4n) is 6.69. The number of anilines is 1. The van der Waals surface area contributed by atoms with Crippen molar-refractivity contribution < 1.29 is 76.5 Å². The minimum atomic E-state index is -5.49. The summed E-state index contributed by atoms with van der Waals surface area (Å²) in [5.41, 5.74) is 4.56. The zero-order valence-electron chi connectivity index (χ0n) is 41.7. The lowest BCUT2D eigenvalue weighted by Gasteiger charge is -2.21. The third-order valence-electron chi connectivity index (χ3n) is 10.6. The molecule has 406 valence electrons. The first kappa shape index (κ1) is 64.0. The summed E-state index contributed by atoms with van der Waals surface area (Å²) in [6, 6.07) is 1.23. The summed E-state index contributed by atoms with van der Waals surface area (Å²) < 4.78 is 56.5. The van der Waals surface area contributed by atoms with E-state index in [2.05, 4.69) is 53.5 Å². The molecule has 2 rings (SSSR count).